The number of hydrogen-bond donors (Lipinski definition) is 1. The van der Waals surface area contributed by atoms with Crippen molar-refractivity contribution in [1.29, 1.82) is 0 Å². The molecule has 1 N–H and O–H groups in total. The molecule has 0 spiro atoms. The summed E-state index contributed by atoms with van der Waals surface area (Å²) < 4.78 is 0. The van der Waals surface area contributed by atoms with Gasteiger partial charge in [-0.3, -0.25) is 5.10 Å². The molecule has 0 bridgehead atoms. The Bertz CT molecular complexity index is 453. The first-order valence-corrected chi connectivity index (χ1v) is 6.70. The molecule has 2 rings (SSSR count). The SMILES string of the molecule is CCCCCCCCc1cccc2[nH]nnc12.[Ag]. The van der Waals surface area contributed by atoms with Gasteiger partial charge < -0.3 is 0 Å². The van der Waals surface area contributed by atoms with Crippen molar-refractivity contribution in [2.24, 2.45) is 0 Å². The summed E-state index contributed by atoms with van der Waals surface area (Å²) >= 11 is 0. The van der Waals surface area contributed by atoms with Gasteiger partial charge in [-0.25, -0.2) is 0 Å². The van der Waals surface area contributed by atoms with Gasteiger partial charge in [0.2, 0.25) is 0 Å². The number of nitrogens with one attached hydrogen (secondary N) is 1. The molecule has 0 unspecified atom stereocenters. The van der Waals surface area contributed by atoms with Gasteiger partial charge in [-0.05, 0) is 24.5 Å². The van der Waals surface area contributed by atoms with Crippen molar-refractivity contribution in [3.8, 4) is 0 Å². The van der Waals surface area contributed by atoms with Gasteiger partial charge >= 0.3 is 0 Å². The second kappa shape index (κ2) is 8.46. The molecule has 0 aliphatic rings. The maximum atomic E-state index is 4.14. The Morgan fingerprint density at radius 2 is 1.83 bits per heavy atom. The predicted molar refractivity (Wildman–Crippen MR) is 71.0 cm³/mol. The van der Waals surface area contributed by atoms with Crippen LogP contribution in [0.1, 0.15) is 51.0 Å². The summed E-state index contributed by atoms with van der Waals surface area (Å²) in [6.07, 6.45) is 9.14. The molecule has 0 aliphatic carbocycles. The quantitative estimate of drug-likeness (QED) is 0.615. The fourth-order valence-electron chi connectivity index (χ4n) is 2.23. The van der Waals surface area contributed by atoms with Gasteiger partial charge in [0, 0.05) is 22.4 Å². The number of benzene rings is 1. The van der Waals surface area contributed by atoms with E-state index in [0.717, 1.165) is 17.5 Å². The number of nitrogens with zero attached hydrogens (tertiary/aromatic N) is 2. The Labute approximate surface area is 124 Å². The average Bonchev–Trinajstić information content (AvgIpc) is 2.82. The van der Waals surface area contributed by atoms with E-state index in [9.17, 15) is 0 Å². The Hall–Kier alpha value is -0.640. The topological polar surface area (TPSA) is 41.6 Å². The summed E-state index contributed by atoms with van der Waals surface area (Å²) in [5.74, 6) is 0. The number of H-pyrrole nitrogens is 1. The Morgan fingerprint density at radius 1 is 1.06 bits per heavy atom. The summed E-state index contributed by atoms with van der Waals surface area (Å²) in [5.41, 5.74) is 3.42. The molecule has 1 heterocycles. The molecule has 0 saturated heterocycles. The molecule has 0 fully saturated rings. The van der Waals surface area contributed by atoms with Gasteiger partial charge in [0.15, 0.2) is 0 Å². The average molecular weight is 339 g/mol. The van der Waals surface area contributed by atoms with Crippen LogP contribution in [0.4, 0.5) is 0 Å². The largest absolute Gasteiger partial charge is 0.258 e. The van der Waals surface area contributed by atoms with E-state index < -0.39 is 0 Å². The molecule has 1 aromatic carbocycles. The monoisotopic (exact) mass is 338 g/mol. The minimum Gasteiger partial charge on any atom is -0.258 e. The summed E-state index contributed by atoms with van der Waals surface area (Å²) in [6.45, 7) is 2.26. The first-order valence-electron chi connectivity index (χ1n) is 6.70. The zero-order valence-electron chi connectivity index (χ0n) is 10.9. The Morgan fingerprint density at radius 3 is 2.67 bits per heavy atom. The maximum absolute atomic E-state index is 4.14. The number of unbranched alkanes of at least 4 members (excludes halogenated alkanes) is 5. The summed E-state index contributed by atoms with van der Waals surface area (Å²) in [7, 11) is 0. The van der Waals surface area contributed by atoms with Crippen molar-refractivity contribution in [3.63, 3.8) is 0 Å². The van der Waals surface area contributed by atoms with Gasteiger partial charge in [0.25, 0.3) is 0 Å². The number of aromatic amines is 1. The molecule has 1 aromatic heterocycles. The number of rotatable bonds is 7. The molecular formula is C14H21AgN3. The van der Waals surface area contributed by atoms with E-state index in [-0.39, 0.29) is 22.4 Å². The van der Waals surface area contributed by atoms with Gasteiger partial charge in [-0.15, -0.1) is 5.10 Å². The molecule has 2 aromatic rings. The Kier molecular flexibility index (Phi) is 7.25. The zero-order valence-corrected chi connectivity index (χ0v) is 12.4. The first kappa shape index (κ1) is 15.4. The van der Waals surface area contributed by atoms with Gasteiger partial charge in [-0.2, -0.15) is 0 Å². The zero-order chi connectivity index (χ0) is 11.9. The third kappa shape index (κ3) is 4.23. The van der Waals surface area contributed by atoms with Crippen LogP contribution >= 0.6 is 0 Å². The van der Waals surface area contributed by atoms with E-state index >= 15 is 0 Å². The number of aromatic nitrogens is 3. The van der Waals surface area contributed by atoms with Crippen LogP contribution in [0.5, 0.6) is 0 Å². The third-order valence-corrected chi connectivity index (χ3v) is 3.24. The molecule has 0 aliphatic heterocycles. The van der Waals surface area contributed by atoms with E-state index in [1.54, 1.807) is 0 Å². The van der Waals surface area contributed by atoms with Crippen molar-refractivity contribution < 1.29 is 22.4 Å². The van der Waals surface area contributed by atoms with Crippen molar-refractivity contribution >= 4 is 11.0 Å². The smallest absolute Gasteiger partial charge is 0.116 e. The predicted octanol–water partition coefficient (Wildman–Crippen LogP) is 3.86. The molecule has 0 atom stereocenters. The van der Waals surface area contributed by atoms with E-state index in [1.165, 1.54) is 44.1 Å². The van der Waals surface area contributed by atoms with Crippen LogP contribution in [0, 0.1) is 0 Å². The van der Waals surface area contributed by atoms with Gasteiger partial charge in [0.1, 0.15) is 5.52 Å². The summed E-state index contributed by atoms with van der Waals surface area (Å²) in [5, 5.41) is 10.9. The number of fused-ring (bicyclic) bond motifs is 1. The molecule has 0 saturated carbocycles. The minimum absolute atomic E-state index is 0. The molecule has 103 valence electrons. The number of aryl methyl sites for hydroxylation is 1. The second-order valence-corrected chi connectivity index (χ2v) is 4.64. The normalized spacial score (nSPS) is 10.5. The van der Waals surface area contributed by atoms with Crippen LogP contribution in [0.15, 0.2) is 18.2 Å². The van der Waals surface area contributed by atoms with Crippen LogP contribution in [-0.2, 0) is 28.8 Å². The number of hydrogen-bond acceptors (Lipinski definition) is 2. The Balaban J connectivity index is 0.00000162. The fourth-order valence-corrected chi connectivity index (χ4v) is 2.23. The fraction of sp³-hybridized carbons (Fsp3) is 0.571. The minimum atomic E-state index is 0. The van der Waals surface area contributed by atoms with Gasteiger partial charge in [0.05, 0.1) is 5.52 Å². The summed E-state index contributed by atoms with van der Waals surface area (Å²) in [4.78, 5) is 0. The van der Waals surface area contributed by atoms with Crippen LogP contribution in [-0.4, -0.2) is 15.4 Å². The molecule has 18 heavy (non-hydrogen) atoms. The van der Waals surface area contributed by atoms with Crippen LogP contribution in [0.2, 0.25) is 0 Å². The van der Waals surface area contributed by atoms with Crippen molar-refractivity contribution in [1.82, 2.24) is 15.4 Å². The van der Waals surface area contributed by atoms with E-state index in [0.29, 0.717) is 0 Å². The first-order chi connectivity index (χ1) is 8.42. The van der Waals surface area contributed by atoms with E-state index in [4.69, 9.17) is 0 Å². The van der Waals surface area contributed by atoms with E-state index in [2.05, 4.69) is 34.5 Å². The van der Waals surface area contributed by atoms with Crippen LogP contribution in [0.25, 0.3) is 11.0 Å². The molecule has 0 amide bonds. The summed E-state index contributed by atoms with van der Waals surface area (Å²) in [6, 6.07) is 6.27. The molecule has 3 nitrogen and oxygen atoms in total. The standard InChI is InChI=1S/C14H21N3.Ag/c1-2-3-4-5-6-7-9-12-10-8-11-13-14(12)16-17-15-13;/h8,10-11H,2-7,9H2,1H3,(H,15,16,17);. The van der Waals surface area contributed by atoms with Crippen molar-refractivity contribution in [2.45, 2.75) is 51.9 Å². The van der Waals surface area contributed by atoms with Crippen LogP contribution in [0.3, 0.4) is 0 Å². The third-order valence-electron chi connectivity index (χ3n) is 3.24. The van der Waals surface area contributed by atoms with Crippen LogP contribution < -0.4 is 0 Å². The molecule has 4 heteroatoms. The van der Waals surface area contributed by atoms with E-state index in [1.807, 2.05) is 6.07 Å². The molecular weight excluding hydrogens is 318 g/mol. The van der Waals surface area contributed by atoms with Crippen molar-refractivity contribution in [3.05, 3.63) is 23.8 Å². The van der Waals surface area contributed by atoms with Gasteiger partial charge in [-0.1, -0.05) is 56.4 Å². The van der Waals surface area contributed by atoms with Crippen molar-refractivity contribution in [2.75, 3.05) is 0 Å². The molecule has 1 radical (unpaired) electrons. The second-order valence-electron chi connectivity index (χ2n) is 4.64. The maximum Gasteiger partial charge on any atom is 0.116 e.